The van der Waals surface area contributed by atoms with Crippen LogP contribution < -0.4 is 0 Å². The molecule has 5 rings (SSSR count). The van der Waals surface area contributed by atoms with E-state index in [4.69, 9.17) is 23.2 Å². The van der Waals surface area contributed by atoms with Gasteiger partial charge in [-0.1, -0.05) is 11.6 Å². The highest BCUT2D eigenvalue weighted by Gasteiger charge is 2.41. The van der Waals surface area contributed by atoms with Crippen LogP contribution in [0.5, 0.6) is 0 Å². The Hall–Kier alpha value is -1.24. The molecule has 0 saturated carbocycles. The van der Waals surface area contributed by atoms with E-state index in [9.17, 15) is 4.79 Å². The number of Topliss-reactive ketones (excluding diaryl/α,β-unsaturated/α-hetero) is 1. The summed E-state index contributed by atoms with van der Waals surface area (Å²) in [6, 6.07) is -0.0950. The van der Waals surface area contributed by atoms with Crippen molar-refractivity contribution in [3.63, 3.8) is 0 Å². The predicted octanol–water partition coefficient (Wildman–Crippen LogP) is 1.80. The van der Waals surface area contributed by atoms with Gasteiger partial charge in [-0.25, -0.2) is 9.97 Å². The average molecular weight is 326 g/mol. The Kier molecular flexibility index (Phi) is 3.13. The van der Waals surface area contributed by atoms with E-state index in [1.165, 1.54) is 0 Å². The Morgan fingerprint density at radius 3 is 2.71 bits per heavy atom. The summed E-state index contributed by atoms with van der Waals surface area (Å²) in [6.45, 7) is 2.52. The predicted molar refractivity (Wildman–Crippen MR) is 78.4 cm³/mol. The standard InChI is InChI=1S/C13H13Cl2N5O/c14-11-9-12(18-13(15)17-11)20(6-16-9)5-8-10(21)7-1-3-19(8)4-2-7/h6-8H,1-5H2. The van der Waals surface area contributed by atoms with Crippen LogP contribution in [0.15, 0.2) is 6.33 Å². The Balaban J connectivity index is 1.70. The highest BCUT2D eigenvalue weighted by molar-refractivity contribution is 6.35. The summed E-state index contributed by atoms with van der Waals surface area (Å²) in [7, 11) is 0. The molecule has 1 unspecified atom stereocenters. The average Bonchev–Trinajstić information content (AvgIpc) is 2.86. The fourth-order valence-corrected chi connectivity index (χ4v) is 3.78. The Labute approximate surface area is 131 Å². The van der Waals surface area contributed by atoms with Gasteiger partial charge in [0.15, 0.2) is 16.6 Å². The third-order valence-electron chi connectivity index (χ3n) is 4.46. The summed E-state index contributed by atoms with van der Waals surface area (Å²) in [5.74, 6) is 0.553. The molecule has 8 heteroatoms. The maximum absolute atomic E-state index is 12.4. The lowest BCUT2D eigenvalue weighted by atomic mass is 9.82. The zero-order valence-electron chi connectivity index (χ0n) is 11.2. The second kappa shape index (κ2) is 4.90. The Morgan fingerprint density at radius 2 is 2.00 bits per heavy atom. The minimum absolute atomic E-state index is 0.0889. The van der Waals surface area contributed by atoms with Crippen LogP contribution >= 0.6 is 23.2 Å². The number of carbonyl (C=O) groups is 1. The lowest BCUT2D eigenvalue weighted by molar-refractivity contribution is -0.137. The van der Waals surface area contributed by atoms with Crippen molar-refractivity contribution >= 4 is 40.1 Å². The number of ketones is 1. The van der Waals surface area contributed by atoms with Crippen LogP contribution in [0.3, 0.4) is 0 Å². The van der Waals surface area contributed by atoms with Gasteiger partial charge in [0.2, 0.25) is 5.28 Å². The fraction of sp³-hybridized carbons (Fsp3) is 0.538. The van der Waals surface area contributed by atoms with E-state index < -0.39 is 0 Å². The molecule has 2 aromatic heterocycles. The lowest BCUT2D eigenvalue weighted by Crippen LogP contribution is -2.56. The van der Waals surface area contributed by atoms with Crippen LogP contribution in [0.1, 0.15) is 12.8 Å². The molecule has 3 saturated heterocycles. The highest BCUT2D eigenvalue weighted by atomic mass is 35.5. The van der Waals surface area contributed by atoms with E-state index in [1.807, 2.05) is 4.57 Å². The van der Waals surface area contributed by atoms with Gasteiger partial charge in [0, 0.05) is 12.5 Å². The molecule has 110 valence electrons. The third kappa shape index (κ3) is 2.13. The van der Waals surface area contributed by atoms with Crippen molar-refractivity contribution in [1.29, 1.82) is 0 Å². The monoisotopic (exact) mass is 325 g/mol. The Bertz CT molecular complexity index is 723. The number of hydrogen-bond acceptors (Lipinski definition) is 5. The molecule has 5 heterocycles. The molecule has 3 fully saturated rings. The smallest absolute Gasteiger partial charge is 0.225 e. The molecule has 2 bridgehead atoms. The number of imidazole rings is 1. The summed E-state index contributed by atoms with van der Waals surface area (Å²) < 4.78 is 1.85. The van der Waals surface area contributed by atoms with E-state index in [2.05, 4.69) is 19.9 Å². The summed E-state index contributed by atoms with van der Waals surface area (Å²) in [5.41, 5.74) is 1.10. The van der Waals surface area contributed by atoms with E-state index in [-0.39, 0.29) is 22.4 Å². The van der Waals surface area contributed by atoms with Gasteiger partial charge in [-0.2, -0.15) is 4.98 Å². The molecule has 0 N–H and O–H groups in total. The molecule has 21 heavy (non-hydrogen) atoms. The molecule has 6 nitrogen and oxygen atoms in total. The number of rotatable bonds is 2. The van der Waals surface area contributed by atoms with Crippen LogP contribution in [-0.2, 0) is 11.3 Å². The van der Waals surface area contributed by atoms with Gasteiger partial charge < -0.3 is 4.57 Å². The van der Waals surface area contributed by atoms with E-state index >= 15 is 0 Å². The molecule has 0 amide bonds. The van der Waals surface area contributed by atoms with Crippen molar-refractivity contribution < 1.29 is 4.79 Å². The molecule has 2 aromatic rings. The zero-order valence-corrected chi connectivity index (χ0v) is 12.7. The number of aromatic nitrogens is 4. The maximum atomic E-state index is 12.4. The van der Waals surface area contributed by atoms with E-state index in [0.29, 0.717) is 23.5 Å². The van der Waals surface area contributed by atoms with Crippen LogP contribution in [0.4, 0.5) is 0 Å². The van der Waals surface area contributed by atoms with Crippen molar-refractivity contribution in [3.8, 4) is 0 Å². The van der Waals surface area contributed by atoms with Crippen molar-refractivity contribution in [2.45, 2.75) is 25.4 Å². The Morgan fingerprint density at radius 1 is 1.24 bits per heavy atom. The van der Waals surface area contributed by atoms with Crippen LogP contribution in [0.2, 0.25) is 10.4 Å². The van der Waals surface area contributed by atoms with Crippen molar-refractivity contribution in [3.05, 3.63) is 16.8 Å². The number of carbonyl (C=O) groups excluding carboxylic acids is 1. The number of halogens is 2. The summed E-state index contributed by atoms with van der Waals surface area (Å²) in [4.78, 5) is 27.0. The minimum atomic E-state index is -0.0950. The van der Waals surface area contributed by atoms with Gasteiger partial charge in [0.1, 0.15) is 5.52 Å². The van der Waals surface area contributed by atoms with Gasteiger partial charge >= 0.3 is 0 Å². The number of fused-ring (bicyclic) bond motifs is 4. The van der Waals surface area contributed by atoms with Crippen molar-refractivity contribution in [2.24, 2.45) is 5.92 Å². The number of piperidine rings is 3. The SMILES string of the molecule is O=C1C2CCN(CC2)C1Cn1cnc2c(Cl)nc(Cl)nc21. The van der Waals surface area contributed by atoms with Gasteiger partial charge in [-0.3, -0.25) is 9.69 Å². The minimum Gasteiger partial charge on any atom is -0.313 e. The number of hydrogen-bond donors (Lipinski definition) is 0. The topological polar surface area (TPSA) is 63.9 Å². The summed E-state index contributed by atoms with van der Waals surface area (Å²) in [5, 5.41) is 0.326. The first-order chi connectivity index (χ1) is 10.1. The molecular weight excluding hydrogens is 313 g/mol. The van der Waals surface area contributed by atoms with Gasteiger partial charge in [0.05, 0.1) is 12.4 Å². The molecule has 0 aromatic carbocycles. The van der Waals surface area contributed by atoms with Gasteiger partial charge in [-0.05, 0) is 37.5 Å². The fourth-order valence-electron chi connectivity index (χ4n) is 3.36. The number of nitrogens with zero attached hydrogens (tertiary/aromatic N) is 5. The first-order valence-corrected chi connectivity index (χ1v) is 7.71. The third-order valence-corrected chi connectivity index (χ3v) is 4.90. The zero-order chi connectivity index (χ0) is 14.6. The lowest BCUT2D eigenvalue weighted by Gasteiger charge is -2.44. The summed E-state index contributed by atoms with van der Waals surface area (Å²) in [6.07, 6.45) is 3.62. The normalized spacial score (nSPS) is 28.5. The molecular formula is C13H13Cl2N5O. The molecule has 0 spiro atoms. The van der Waals surface area contributed by atoms with E-state index in [0.717, 1.165) is 25.9 Å². The quantitative estimate of drug-likeness (QED) is 0.622. The largest absolute Gasteiger partial charge is 0.313 e. The van der Waals surface area contributed by atoms with Crippen LogP contribution in [-0.4, -0.2) is 49.3 Å². The van der Waals surface area contributed by atoms with Crippen LogP contribution in [0, 0.1) is 5.92 Å². The van der Waals surface area contributed by atoms with Crippen LogP contribution in [0.25, 0.3) is 11.2 Å². The van der Waals surface area contributed by atoms with Crippen molar-refractivity contribution in [2.75, 3.05) is 13.1 Å². The highest BCUT2D eigenvalue weighted by Crippen LogP contribution is 2.30. The molecule has 0 aliphatic carbocycles. The second-order valence-electron chi connectivity index (χ2n) is 5.58. The van der Waals surface area contributed by atoms with Crippen molar-refractivity contribution in [1.82, 2.24) is 24.4 Å². The first-order valence-electron chi connectivity index (χ1n) is 6.95. The maximum Gasteiger partial charge on any atom is 0.225 e. The van der Waals surface area contributed by atoms with Gasteiger partial charge in [-0.15, -0.1) is 0 Å². The summed E-state index contributed by atoms with van der Waals surface area (Å²) >= 11 is 11.9. The molecule has 3 aliphatic heterocycles. The molecule has 3 aliphatic rings. The van der Waals surface area contributed by atoms with E-state index in [1.54, 1.807) is 6.33 Å². The first kappa shape index (κ1) is 13.4. The molecule has 0 radical (unpaired) electrons. The van der Waals surface area contributed by atoms with Gasteiger partial charge in [0.25, 0.3) is 0 Å². The molecule has 1 atom stereocenters. The second-order valence-corrected chi connectivity index (χ2v) is 6.28.